The van der Waals surface area contributed by atoms with Crippen molar-refractivity contribution in [1.82, 2.24) is 0 Å². The van der Waals surface area contributed by atoms with Crippen LogP contribution in [-0.2, 0) is 6.54 Å². The van der Waals surface area contributed by atoms with Crippen molar-refractivity contribution in [3.8, 4) is 0 Å². The van der Waals surface area contributed by atoms with E-state index in [1.54, 1.807) is 18.2 Å². The number of aryl methyl sites for hydroxylation is 1. The van der Waals surface area contributed by atoms with E-state index in [9.17, 15) is 9.18 Å². The van der Waals surface area contributed by atoms with Crippen molar-refractivity contribution in [3.05, 3.63) is 65.0 Å². The van der Waals surface area contributed by atoms with Crippen LogP contribution in [-0.4, -0.2) is 5.91 Å². The second-order valence-electron chi connectivity index (χ2n) is 4.33. The highest BCUT2D eigenvalue weighted by Crippen LogP contribution is 2.17. The fourth-order valence-corrected chi connectivity index (χ4v) is 1.93. The van der Waals surface area contributed by atoms with E-state index in [2.05, 4.69) is 5.32 Å². The molecule has 0 saturated heterocycles. The van der Waals surface area contributed by atoms with Crippen LogP contribution in [0.5, 0.6) is 0 Å². The average molecular weight is 258 g/mol. The van der Waals surface area contributed by atoms with E-state index in [4.69, 9.17) is 5.73 Å². The van der Waals surface area contributed by atoms with Gasteiger partial charge in [0.1, 0.15) is 5.82 Å². The molecule has 0 saturated carbocycles. The molecule has 0 unspecified atom stereocenters. The van der Waals surface area contributed by atoms with Gasteiger partial charge >= 0.3 is 0 Å². The van der Waals surface area contributed by atoms with Crippen LogP contribution in [0.1, 0.15) is 21.5 Å². The molecule has 3 nitrogen and oxygen atoms in total. The number of nitrogens with two attached hydrogens (primary N) is 1. The van der Waals surface area contributed by atoms with Gasteiger partial charge in [0, 0.05) is 17.8 Å². The Morgan fingerprint density at radius 3 is 2.68 bits per heavy atom. The predicted molar refractivity (Wildman–Crippen MR) is 73.4 cm³/mol. The summed E-state index contributed by atoms with van der Waals surface area (Å²) in [6.45, 7) is 2.29. The molecule has 19 heavy (non-hydrogen) atoms. The van der Waals surface area contributed by atoms with Crippen molar-refractivity contribution >= 4 is 11.6 Å². The number of amides is 1. The van der Waals surface area contributed by atoms with E-state index in [1.807, 2.05) is 19.1 Å². The second-order valence-corrected chi connectivity index (χ2v) is 4.33. The summed E-state index contributed by atoms with van der Waals surface area (Å²) in [6.07, 6.45) is 0. The number of benzene rings is 2. The highest BCUT2D eigenvalue weighted by molar-refractivity contribution is 5.94. The standard InChI is InChI=1S/C15H15FN2O/c1-10-8-12(16)6-7-14(10)18-9-11-4-2-3-5-13(11)15(17)19/h2-8,18H,9H2,1H3,(H2,17,19). The minimum atomic E-state index is -0.451. The molecule has 0 bridgehead atoms. The van der Waals surface area contributed by atoms with Crippen molar-refractivity contribution < 1.29 is 9.18 Å². The zero-order chi connectivity index (χ0) is 13.8. The lowest BCUT2D eigenvalue weighted by atomic mass is 10.1. The Bertz CT molecular complexity index is 611. The van der Waals surface area contributed by atoms with Crippen LogP contribution < -0.4 is 11.1 Å². The van der Waals surface area contributed by atoms with Gasteiger partial charge in [-0.3, -0.25) is 4.79 Å². The minimum absolute atomic E-state index is 0.263. The molecule has 0 aliphatic rings. The van der Waals surface area contributed by atoms with Crippen LogP contribution >= 0.6 is 0 Å². The molecule has 4 heteroatoms. The molecule has 0 aliphatic heterocycles. The summed E-state index contributed by atoms with van der Waals surface area (Å²) >= 11 is 0. The van der Waals surface area contributed by atoms with E-state index in [0.29, 0.717) is 12.1 Å². The summed E-state index contributed by atoms with van der Waals surface area (Å²) < 4.78 is 13.0. The molecular weight excluding hydrogens is 243 g/mol. The molecule has 0 aromatic heterocycles. The maximum Gasteiger partial charge on any atom is 0.249 e. The molecule has 2 aromatic rings. The molecule has 0 radical (unpaired) electrons. The van der Waals surface area contributed by atoms with Crippen LogP contribution in [0.25, 0.3) is 0 Å². The largest absolute Gasteiger partial charge is 0.381 e. The quantitative estimate of drug-likeness (QED) is 0.886. The van der Waals surface area contributed by atoms with E-state index in [1.165, 1.54) is 12.1 Å². The highest BCUT2D eigenvalue weighted by atomic mass is 19.1. The lowest BCUT2D eigenvalue weighted by Crippen LogP contribution is -2.15. The Balaban J connectivity index is 2.17. The van der Waals surface area contributed by atoms with Crippen LogP contribution in [0.3, 0.4) is 0 Å². The summed E-state index contributed by atoms with van der Waals surface area (Å²) in [5.41, 5.74) is 8.28. The predicted octanol–water partition coefficient (Wildman–Crippen LogP) is 2.85. The van der Waals surface area contributed by atoms with Crippen molar-refractivity contribution in [2.45, 2.75) is 13.5 Å². The molecule has 0 heterocycles. The Hall–Kier alpha value is -2.36. The number of hydrogen-bond acceptors (Lipinski definition) is 2. The van der Waals surface area contributed by atoms with Crippen molar-refractivity contribution in [3.63, 3.8) is 0 Å². The molecule has 2 aromatic carbocycles. The van der Waals surface area contributed by atoms with Gasteiger partial charge in [-0.05, 0) is 42.3 Å². The van der Waals surface area contributed by atoms with Gasteiger partial charge in [0.2, 0.25) is 5.91 Å². The minimum Gasteiger partial charge on any atom is -0.381 e. The lowest BCUT2D eigenvalue weighted by Gasteiger charge is -2.11. The van der Waals surface area contributed by atoms with Crippen LogP contribution in [0.4, 0.5) is 10.1 Å². The fraction of sp³-hybridized carbons (Fsp3) is 0.133. The number of anilines is 1. The summed E-state index contributed by atoms with van der Waals surface area (Å²) in [5, 5.41) is 3.18. The third-order valence-corrected chi connectivity index (χ3v) is 2.94. The Morgan fingerprint density at radius 2 is 2.00 bits per heavy atom. The molecule has 0 spiro atoms. The van der Waals surface area contributed by atoms with Crippen LogP contribution in [0.2, 0.25) is 0 Å². The first-order valence-corrected chi connectivity index (χ1v) is 5.95. The third kappa shape index (κ3) is 3.10. The van der Waals surface area contributed by atoms with Gasteiger partial charge in [0.05, 0.1) is 0 Å². The Kier molecular flexibility index (Phi) is 3.80. The topological polar surface area (TPSA) is 55.1 Å². The first-order valence-electron chi connectivity index (χ1n) is 5.95. The first-order chi connectivity index (χ1) is 9.08. The van der Waals surface area contributed by atoms with Crippen molar-refractivity contribution in [2.75, 3.05) is 5.32 Å². The van der Waals surface area contributed by atoms with E-state index in [0.717, 1.165) is 16.8 Å². The smallest absolute Gasteiger partial charge is 0.249 e. The number of nitrogens with one attached hydrogen (secondary N) is 1. The molecule has 98 valence electrons. The lowest BCUT2D eigenvalue weighted by molar-refractivity contribution is 0.0999. The van der Waals surface area contributed by atoms with Crippen LogP contribution in [0, 0.1) is 12.7 Å². The Morgan fingerprint density at radius 1 is 1.26 bits per heavy atom. The first kappa shape index (κ1) is 13.1. The van der Waals surface area contributed by atoms with Gasteiger partial charge < -0.3 is 11.1 Å². The van der Waals surface area contributed by atoms with Gasteiger partial charge in [0.15, 0.2) is 0 Å². The van der Waals surface area contributed by atoms with Gasteiger partial charge in [-0.1, -0.05) is 18.2 Å². The Labute approximate surface area is 111 Å². The number of carbonyl (C=O) groups excluding carboxylic acids is 1. The van der Waals surface area contributed by atoms with E-state index >= 15 is 0 Å². The van der Waals surface area contributed by atoms with Gasteiger partial charge in [-0.2, -0.15) is 0 Å². The maximum atomic E-state index is 13.0. The van der Waals surface area contributed by atoms with Gasteiger partial charge in [0.25, 0.3) is 0 Å². The molecular formula is C15H15FN2O. The second kappa shape index (κ2) is 5.52. The van der Waals surface area contributed by atoms with Gasteiger partial charge in [-0.25, -0.2) is 4.39 Å². The molecule has 3 N–H and O–H groups in total. The average Bonchev–Trinajstić information content (AvgIpc) is 2.38. The number of hydrogen-bond donors (Lipinski definition) is 2. The number of rotatable bonds is 4. The summed E-state index contributed by atoms with van der Waals surface area (Å²) in [6, 6.07) is 11.7. The fourth-order valence-electron chi connectivity index (χ4n) is 1.93. The van der Waals surface area contributed by atoms with Crippen molar-refractivity contribution in [2.24, 2.45) is 5.73 Å². The van der Waals surface area contributed by atoms with Crippen LogP contribution in [0.15, 0.2) is 42.5 Å². The maximum absolute atomic E-state index is 13.0. The molecule has 0 aliphatic carbocycles. The monoisotopic (exact) mass is 258 g/mol. The molecule has 0 fully saturated rings. The molecule has 0 atom stereocenters. The summed E-state index contributed by atoms with van der Waals surface area (Å²) in [7, 11) is 0. The SMILES string of the molecule is Cc1cc(F)ccc1NCc1ccccc1C(N)=O. The molecule has 2 rings (SSSR count). The van der Waals surface area contributed by atoms with E-state index < -0.39 is 5.91 Å². The van der Waals surface area contributed by atoms with Crippen molar-refractivity contribution in [1.29, 1.82) is 0 Å². The number of carbonyl (C=O) groups is 1. The zero-order valence-corrected chi connectivity index (χ0v) is 10.6. The normalized spacial score (nSPS) is 10.2. The number of halogens is 1. The molecule has 1 amide bonds. The zero-order valence-electron chi connectivity index (χ0n) is 10.6. The summed E-state index contributed by atoms with van der Waals surface area (Å²) in [4.78, 5) is 11.3. The highest BCUT2D eigenvalue weighted by Gasteiger charge is 2.07. The van der Waals surface area contributed by atoms with E-state index in [-0.39, 0.29) is 5.82 Å². The van der Waals surface area contributed by atoms with Gasteiger partial charge in [-0.15, -0.1) is 0 Å². The summed E-state index contributed by atoms with van der Waals surface area (Å²) in [5.74, 6) is -0.714. The third-order valence-electron chi connectivity index (χ3n) is 2.94. The number of primary amides is 1.